The lowest BCUT2D eigenvalue weighted by atomic mass is 10.1. The van der Waals surface area contributed by atoms with Crippen molar-refractivity contribution in [2.45, 2.75) is 32.9 Å². The second-order valence-corrected chi connectivity index (χ2v) is 8.48. The van der Waals surface area contributed by atoms with E-state index in [1.165, 1.54) is 4.88 Å². The smallest absolute Gasteiger partial charge is 0.194 e. The molecule has 1 atom stereocenters. The molecule has 0 spiro atoms. The number of hydrogen-bond donors (Lipinski definition) is 1. The van der Waals surface area contributed by atoms with Crippen LogP contribution in [0.25, 0.3) is 0 Å². The molecular weight excluding hydrogens is 384 g/mol. The van der Waals surface area contributed by atoms with Crippen molar-refractivity contribution >= 4 is 28.9 Å². The minimum absolute atomic E-state index is 0.510. The first-order valence-electron chi connectivity index (χ1n) is 9.33. The third kappa shape index (κ3) is 5.92. The van der Waals surface area contributed by atoms with E-state index in [0.29, 0.717) is 5.92 Å². The number of ether oxygens (including phenoxy) is 1. The number of halogens is 1. The van der Waals surface area contributed by atoms with E-state index in [4.69, 9.17) is 21.3 Å². The van der Waals surface area contributed by atoms with Crippen molar-refractivity contribution in [3.8, 4) is 0 Å². The molecule has 0 bridgehead atoms. The van der Waals surface area contributed by atoms with E-state index in [1.807, 2.05) is 6.07 Å². The maximum Gasteiger partial charge on any atom is 0.194 e. The topological polar surface area (TPSA) is 67.6 Å². The summed E-state index contributed by atoms with van der Waals surface area (Å²) in [5.74, 6) is 2.41. The number of hydrogen-bond acceptors (Lipinski definition) is 5. The second-order valence-electron chi connectivity index (χ2n) is 6.68. The lowest BCUT2D eigenvalue weighted by Crippen LogP contribution is -2.40. The predicted molar refractivity (Wildman–Crippen MR) is 109 cm³/mol. The largest absolute Gasteiger partial charge is 0.381 e. The Bertz CT molecular complexity index is 740. The lowest BCUT2D eigenvalue weighted by molar-refractivity contribution is 0.187. The lowest BCUT2D eigenvalue weighted by Gasteiger charge is -2.22. The molecule has 1 fully saturated rings. The van der Waals surface area contributed by atoms with Crippen LogP contribution in [0.1, 0.15) is 24.0 Å². The standard InChI is InChI=1S/C18H27ClN6OS/c1-3-17-23-22-13-25(17)8-7-20-18(21-10-14-6-9-26-12-14)24(2)11-15-4-5-16(19)27-15/h4-5,13-14H,3,6-12H2,1-2H3,(H,20,21). The van der Waals surface area contributed by atoms with Crippen molar-refractivity contribution in [3.63, 3.8) is 0 Å². The quantitative estimate of drug-likeness (QED) is 0.535. The zero-order valence-corrected chi connectivity index (χ0v) is 17.5. The monoisotopic (exact) mass is 410 g/mol. The van der Waals surface area contributed by atoms with Crippen LogP contribution in [-0.2, 0) is 24.2 Å². The van der Waals surface area contributed by atoms with Crippen molar-refractivity contribution in [1.82, 2.24) is 25.0 Å². The molecule has 2 aromatic rings. The van der Waals surface area contributed by atoms with Crippen LogP contribution in [0.2, 0.25) is 4.34 Å². The van der Waals surface area contributed by atoms with Gasteiger partial charge in [0.15, 0.2) is 5.96 Å². The molecule has 1 saturated heterocycles. The molecule has 3 heterocycles. The van der Waals surface area contributed by atoms with E-state index in [2.05, 4.69) is 45.0 Å². The SMILES string of the molecule is CCc1nncn1CCNC(=NCC1CCOC1)N(C)Cc1ccc(Cl)s1. The van der Waals surface area contributed by atoms with Crippen LogP contribution in [0.5, 0.6) is 0 Å². The molecule has 1 unspecified atom stereocenters. The van der Waals surface area contributed by atoms with Gasteiger partial charge in [0.1, 0.15) is 12.2 Å². The van der Waals surface area contributed by atoms with Gasteiger partial charge in [-0.1, -0.05) is 18.5 Å². The Morgan fingerprint density at radius 1 is 1.52 bits per heavy atom. The normalized spacial score (nSPS) is 17.4. The van der Waals surface area contributed by atoms with Crippen LogP contribution >= 0.6 is 22.9 Å². The van der Waals surface area contributed by atoms with Crippen molar-refractivity contribution in [1.29, 1.82) is 0 Å². The van der Waals surface area contributed by atoms with Gasteiger partial charge in [0.05, 0.1) is 17.5 Å². The molecule has 7 nitrogen and oxygen atoms in total. The van der Waals surface area contributed by atoms with Gasteiger partial charge in [0, 0.05) is 50.5 Å². The summed E-state index contributed by atoms with van der Waals surface area (Å²) in [5.41, 5.74) is 0. The van der Waals surface area contributed by atoms with Crippen LogP contribution in [0.3, 0.4) is 0 Å². The molecule has 0 amide bonds. The average molecular weight is 411 g/mol. The van der Waals surface area contributed by atoms with Crippen molar-refractivity contribution in [2.75, 3.05) is 33.4 Å². The molecule has 2 aromatic heterocycles. The first-order chi connectivity index (χ1) is 13.2. The third-order valence-corrected chi connectivity index (χ3v) is 5.77. The Hall–Kier alpha value is -1.64. The maximum absolute atomic E-state index is 6.07. The van der Waals surface area contributed by atoms with Gasteiger partial charge in [-0.3, -0.25) is 4.99 Å². The van der Waals surface area contributed by atoms with Crippen LogP contribution in [-0.4, -0.2) is 59.0 Å². The van der Waals surface area contributed by atoms with Crippen LogP contribution in [0, 0.1) is 5.92 Å². The van der Waals surface area contributed by atoms with E-state index < -0.39 is 0 Å². The maximum atomic E-state index is 6.07. The Balaban J connectivity index is 1.60. The van der Waals surface area contributed by atoms with Gasteiger partial charge in [-0.2, -0.15) is 0 Å². The Kier molecular flexibility index (Phi) is 7.49. The Morgan fingerprint density at radius 2 is 2.41 bits per heavy atom. The molecule has 0 saturated carbocycles. The Labute approximate surface area is 169 Å². The number of nitrogens with zero attached hydrogens (tertiary/aromatic N) is 5. The fourth-order valence-corrected chi connectivity index (χ4v) is 4.17. The highest BCUT2D eigenvalue weighted by Crippen LogP contribution is 2.22. The first kappa shape index (κ1) is 20.1. The number of rotatable bonds is 8. The van der Waals surface area contributed by atoms with Gasteiger partial charge < -0.3 is 19.5 Å². The number of nitrogens with one attached hydrogen (secondary N) is 1. The van der Waals surface area contributed by atoms with E-state index >= 15 is 0 Å². The van der Waals surface area contributed by atoms with Gasteiger partial charge in [-0.25, -0.2) is 0 Å². The second kappa shape index (κ2) is 10.1. The number of aliphatic imine (C=N–C) groups is 1. The number of thiophene rings is 1. The molecular formula is C18H27ClN6OS. The first-order valence-corrected chi connectivity index (χ1v) is 10.5. The van der Waals surface area contributed by atoms with Crippen molar-refractivity contribution in [2.24, 2.45) is 10.9 Å². The van der Waals surface area contributed by atoms with Crippen molar-refractivity contribution < 1.29 is 4.74 Å². The molecule has 0 radical (unpaired) electrons. The summed E-state index contributed by atoms with van der Waals surface area (Å²) >= 11 is 7.67. The minimum atomic E-state index is 0.510. The molecule has 1 aliphatic heterocycles. The molecule has 3 rings (SSSR count). The highest BCUT2D eigenvalue weighted by molar-refractivity contribution is 7.16. The summed E-state index contributed by atoms with van der Waals surface area (Å²) in [6.07, 6.45) is 3.74. The van der Waals surface area contributed by atoms with Gasteiger partial charge in [0.2, 0.25) is 0 Å². The molecule has 0 aliphatic carbocycles. The summed E-state index contributed by atoms with van der Waals surface area (Å²) < 4.78 is 8.36. The van der Waals surface area contributed by atoms with Crippen LogP contribution in [0.4, 0.5) is 0 Å². The van der Waals surface area contributed by atoms with Gasteiger partial charge in [0.25, 0.3) is 0 Å². The summed E-state index contributed by atoms with van der Waals surface area (Å²) in [5, 5.41) is 11.6. The Morgan fingerprint density at radius 3 is 3.11 bits per heavy atom. The summed E-state index contributed by atoms with van der Waals surface area (Å²) in [6.45, 7) is 6.87. The highest BCUT2D eigenvalue weighted by atomic mass is 35.5. The third-order valence-electron chi connectivity index (χ3n) is 4.55. The minimum Gasteiger partial charge on any atom is -0.381 e. The van der Waals surface area contributed by atoms with E-state index in [1.54, 1.807) is 17.7 Å². The van der Waals surface area contributed by atoms with E-state index in [-0.39, 0.29) is 0 Å². The van der Waals surface area contributed by atoms with Crippen molar-refractivity contribution in [3.05, 3.63) is 33.5 Å². The zero-order valence-electron chi connectivity index (χ0n) is 15.9. The number of aryl methyl sites for hydroxylation is 1. The molecule has 148 valence electrons. The summed E-state index contributed by atoms with van der Waals surface area (Å²) in [4.78, 5) is 8.21. The molecule has 0 aromatic carbocycles. The van der Waals surface area contributed by atoms with Gasteiger partial charge in [-0.05, 0) is 18.6 Å². The van der Waals surface area contributed by atoms with Gasteiger partial charge >= 0.3 is 0 Å². The average Bonchev–Trinajstić information content (AvgIpc) is 3.40. The zero-order chi connectivity index (χ0) is 19.1. The van der Waals surface area contributed by atoms with Crippen LogP contribution < -0.4 is 5.32 Å². The van der Waals surface area contributed by atoms with E-state index in [9.17, 15) is 0 Å². The number of aromatic nitrogens is 3. The predicted octanol–water partition coefficient (Wildman–Crippen LogP) is 2.67. The summed E-state index contributed by atoms with van der Waals surface area (Å²) in [6, 6.07) is 4.00. The van der Waals surface area contributed by atoms with Gasteiger partial charge in [-0.15, -0.1) is 21.5 Å². The fraction of sp³-hybridized carbons (Fsp3) is 0.611. The van der Waals surface area contributed by atoms with E-state index in [0.717, 1.165) is 68.4 Å². The highest BCUT2D eigenvalue weighted by Gasteiger charge is 2.16. The molecule has 9 heteroatoms. The number of guanidine groups is 1. The molecule has 27 heavy (non-hydrogen) atoms. The summed E-state index contributed by atoms with van der Waals surface area (Å²) in [7, 11) is 2.06. The molecule has 1 N–H and O–H groups in total. The molecule has 1 aliphatic rings. The fourth-order valence-electron chi connectivity index (χ4n) is 3.03. The van der Waals surface area contributed by atoms with Crippen LogP contribution in [0.15, 0.2) is 23.5 Å².